The molecule has 0 saturated heterocycles. The lowest BCUT2D eigenvalue weighted by Gasteiger charge is -2.07. The molecule has 0 saturated carbocycles. The molecule has 3 rings (SSSR count). The zero-order valence-electron chi connectivity index (χ0n) is 18.9. The number of nitrogens with two attached hydrogens (primary N) is 2. The van der Waals surface area contributed by atoms with Crippen molar-refractivity contribution in [2.75, 3.05) is 22.9 Å². The summed E-state index contributed by atoms with van der Waals surface area (Å²) < 4.78 is 1.61. The van der Waals surface area contributed by atoms with Crippen LogP contribution in [0.3, 0.4) is 0 Å². The molecule has 9 N–H and O–H groups in total. The summed E-state index contributed by atoms with van der Waals surface area (Å²) in [6.07, 6.45) is 4.67. The van der Waals surface area contributed by atoms with E-state index in [0.717, 1.165) is 0 Å². The molecule has 0 fully saturated rings. The lowest BCUT2D eigenvalue weighted by molar-refractivity contribution is -0.117. The number of primary amides is 1. The average Bonchev–Trinajstić information content (AvgIpc) is 3.39. The van der Waals surface area contributed by atoms with Crippen LogP contribution in [-0.4, -0.2) is 44.7 Å². The second-order valence-corrected chi connectivity index (χ2v) is 7.55. The van der Waals surface area contributed by atoms with Crippen LogP contribution in [0, 0.1) is 13.8 Å². The molecule has 0 atom stereocenters. The van der Waals surface area contributed by atoms with Crippen molar-refractivity contribution in [2.24, 2.45) is 12.8 Å². The maximum Gasteiger partial charge on any atom is 0.272 e. The Labute approximate surface area is 201 Å². The first-order valence-electron chi connectivity index (χ1n) is 10.1. The summed E-state index contributed by atoms with van der Waals surface area (Å²) in [5, 5.41) is 8.08. The van der Waals surface area contributed by atoms with E-state index in [1.54, 1.807) is 37.7 Å². The number of H-pyrrole nitrogens is 2. The number of amides is 4. The first-order chi connectivity index (χ1) is 15.6. The fraction of sp³-hybridized carbons (Fsp3) is 0.238. The van der Waals surface area contributed by atoms with Gasteiger partial charge in [-0.05, 0) is 19.9 Å². The fourth-order valence-corrected chi connectivity index (χ4v) is 3.30. The van der Waals surface area contributed by atoms with Gasteiger partial charge < -0.3 is 42.0 Å². The summed E-state index contributed by atoms with van der Waals surface area (Å²) in [6, 6.07) is 1.56. The topological polar surface area (TPSA) is 193 Å². The first-order valence-corrected chi connectivity index (χ1v) is 10.1. The third-order valence-electron chi connectivity index (χ3n) is 5.15. The molecule has 0 aliphatic rings. The van der Waals surface area contributed by atoms with Gasteiger partial charge in [-0.1, -0.05) is 0 Å². The van der Waals surface area contributed by atoms with Crippen LogP contribution in [-0.2, 0) is 11.8 Å². The van der Waals surface area contributed by atoms with Gasteiger partial charge in [0.05, 0.1) is 17.1 Å². The van der Waals surface area contributed by atoms with Crippen molar-refractivity contribution in [1.29, 1.82) is 0 Å². The molecule has 3 heterocycles. The van der Waals surface area contributed by atoms with Gasteiger partial charge in [0.2, 0.25) is 5.91 Å². The molecule has 4 amide bonds. The Morgan fingerprint density at radius 3 is 1.97 bits per heavy atom. The zero-order valence-corrected chi connectivity index (χ0v) is 19.7. The molecule has 0 aliphatic carbocycles. The van der Waals surface area contributed by atoms with Crippen molar-refractivity contribution in [3.8, 4) is 0 Å². The maximum atomic E-state index is 12.8. The lowest BCUT2D eigenvalue weighted by Crippen LogP contribution is -2.28. The molecule has 13 heteroatoms. The zero-order chi connectivity index (χ0) is 24.3. The van der Waals surface area contributed by atoms with Gasteiger partial charge in [-0.25, -0.2) is 0 Å². The summed E-state index contributed by atoms with van der Waals surface area (Å²) in [5.41, 5.74) is 14.1. The van der Waals surface area contributed by atoms with Gasteiger partial charge in [-0.3, -0.25) is 19.2 Å². The van der Waals surface area contributed by atoms with E-state index in [4.69, 9.17) is 11.5 Å². The number of nitrogen functional groups attached to an aromatic ring is 1. The van der Waals surface area contributed by atoms with Gasteiger partial charge >= 0.3 is 0 Å². The smallest absolute Gasteiger partial charge is 0.272 e. The van der Waals surface area contributed by atoms with E-state index >= 15 is 0 Å². The van der Waals surface area contributed by atoms with E-state index in [0.29, 0.717) is 33.9 Å². The third kappa shape index (κ3) is 5.59. The molecular weight excluding hydrogens is 464 g/mol. The van der Waals surface area contributed by atoms with Crippen LogP contribution in [0.4, 0.5) is 17.1 Å². The molecule has 3 aromatic rings. The summed E-state index contributed by atoms with van der Waals surface area (Å²) in [4.78, 5) is 54.1. The van der Waals surface area contributed by atoms with Crippen LogP contribution in [0.1, 0.15) is 49.0 Å². The van der Waals surface area contributed by atoms with Gasteiger partial charge in [-0.15, -0.1) is 12.4 Å². The molecule has 182 valence electrons. The molecule has 0 spiro atoms. The van der Waals surface area contributed by atoms with Crippen LogP contribution < -0.4 is 27.4 Å². The van der Waals surface area contributed by atoms with Gasteiger partial charge in [-0.2, -0.15) is 0 Å². The number of nitrogens with one attached hydrogen (secondary N) is 5. The number of carbonyl (C=O) groups excluding carboxylic acids is 4. The van der Waals surface area contributed by atoms with Gasteiger partial charge in [0.15, 0.2) is 0 Å². The SMILES string of the molecule is Cc1c(NC(=O)c2[nH]cc(NC(=O)c3cc(N)cn3C)c2C)c[nH]c1C(=O)NCCC(N)=O.Cl. The minimum atomic E-state index is -0.517. The molecule has 0 aliphatic heterocycles. The molecule has 12 nitrogen and oxygen atoms in total. The van der Waals surface area contributed by atoms with E-state index in [2.05, 4.69) is 25.9 Å². The predicted molar refractivity (Wildman–Crippen MR) is 130 cm³/mol. The minimum Gasteiger partial charge on any atom is -0.397 e. The van der Waals surface area contributed by atoms with E-state index in [-0.39, 0.29) is 42.7 Å². The number of nitrogens with zero attached hydrogens (tertiary/aromatic N) is 1. The van der Waals surface area contributed by atoms with Crippen molar-refractivity contribution in [2.45, 2.75) is 20.3 Å². The summed E-state index contributed by atoms with van der Waals surface area (Å²) in [5.74, 6) is -1.75. The largest absolute Gasteiger partial charge is 0.397 e. The van der Waals surface area contributed by atoms with Crippen LogP contribution in [0.25, 0.3) is 0 Å². The Bertz CT molecular complexity index is 1240. The van der Waals surface area contributed by atoms with Crippen molar-refractivity contribution < 1.29 is 19.2 Å². The fourth-order valence-electron chi connectivity index (χ4n) is 3.30. The highest BCUT2D eigenvalue weighted by molar-refractivity contribution is 6.09. The molecule has 0 bridgehead atoms. The maximum absolute atomic E-state index is 12.8. The van der Waals surface area contributed by atoms with Gasteiger partial charge in [0.25, 0.3) is 17.7 Å². The summed E-state index contributed by atoms with van der Waals surface area (Å²) in [6.45, 7) is 3.48. The number of halogens is 1. The second kappa shape index (κ2) is 10.6. The predicted octanol–water partition coefficient (Wildman–Crippen LogP) is 1.41. The van der Waals surface area contributed by atoms with E-state index in [1.165, 1.54) is 12.4 Å². The van der Waals surface area contributed by atoms with Crippen LogP contribution in [0.2, 0.25) is 0 Å². The first kappa shape index (κ1) is 26.1. The van der Waals surface area contributed by atoms with Crippen molar-refractivity contribution in [3.05, 3.63) is 52.9 Å². The van der Waals surface area contributed by atoms with Crippen molar-refractivity contribution >= 4 is 53.1 Å². The Morgan fingerprint density at radius 1 is 0.941 bits per heavy atom. The third-order valence-corrected chi connectivity index (χ3v) is 5.15. The highest BCUT2D eigenvalue weighted by Crippen LogP contribution is 2.23. The minimum absolute atomic E-state index is 0. The number of rotatable bonds is 8. The van der Waals surface area contributed by atoms with E-state index in [1.807, 2.05) is 0 Å². The molecule has 0 unspecified atom stereocenters. The Hall–Kier alpha value is -4.19. The average molecular weight is 491 g/mol. The Balaban J connectivity index is 0.00000408. The lowest BCUT2D eigenvalue weighted by atomic mass is 10.2. The summed E-state index contributed by atoms with van der Waals surface area (Å²) >= 11 is 0. The number of anilines is 3. The number of carbonyl (C=O) groups is 4. The molecule has 0 aromatic carbocycles. The molecule has 34 heavy (non-hydrogen) atoms. The van der Waals surface area contributed by atoms with Gasteiger partial charge in [0.1, 0.15) is 17.1 Å². The van der Waals surface area contributed by atoms with Crippen LogP contribution >= 0.6 is 12.4 Å². The molecular formula is C21H27ClN8O4. The quantitative estimate of drug-likeness (QED) is 0.250. The standard InChI is InChI=1S/C21H26N8O4.ClH/c1-10-14(8-25-17(10)20(32)24-5-4-16(23)30)28-21(33)18-11(2)13(7-26-18)27-19(31)15-6-12(22)9-29(15)3;/h6-9,25-26H,4-5,22H2,1-3H3,(H2,23,30)(H,24,32)(H,27,31)(H,28,33);1H. The van der Waals surface area contributed by atoms with E-state index in [9.17, 15) is 19.2 Å². The number of aromatic nitrogens is 3. The Morgan fingerprint density at radius 2 is 1.47 bits per heavy atom. The van der Waals surface area contributed by atoms with Crippen LogP contribution in [0.5, 0.6) is 0 Å². The second-order valence-electron chi connectivity index (χ2n) is 7.55. The highest BCUT2D eigenvalue weighted by Gasteiger charge is 2.20. The summed E-state index contributed by atoms with van der Waals surface area (Å²) in [7, 11) is 1.71. The Kier molecular flexibility index (Phi) is 8.14. The molecule has 3 aromatic heterocycles. The number of hydrogen-bond donors (Lipinski definition) is 7. The van der Waals surface area contributed by atoms with Gasteiger partial charge in [0, 0.05) is 49.7 Å². The van der Waals surface area contributed by atoms with Crippen molar-refractivity contribution in [3.63, 3.8) is 0 Å². The normalized spacial score (nSPS) is 10.3. The van der Waals surface area contributed by atoms with Crippen molar-refractivity contribution in [1.82, 2.24) is 19.9 Å². The number of aryl methyl sites for hydroxylation is 1. The van der Waals surface area contributed by atoms with Crippen LogP contribution in [0.15, 0.2) is 24.7 Å². The molecule has 0 radical (unpaired) electrons. The highest BCUT2D eigenvalue weighted by atomic mass is 35.5. The van der Waals surface area contributed by atoms with E-state index < -0.39 is 17.7 Å². The number of hydrogen-bond acceptors (Lipinski definition) is 5. The monoisotopic (exact) mass is 490 g/mol. The number of aromatic amines is 2.